The summed E-state index contributed by atoms with van der Waals surface area (Å²) in [6.07, 6.45) is 3.56. The molecule has 0 bridgehead atoms. The van der Waals surface area contributed by atoms with Crippen LogP contribution in [0.1, 0.15) is 30.2 Å². The summed E-state index contributed by atoms with van der Waals surface area (Å²) in [6.45, 7) is 3.93. The summed E-state index contributed by atoms with van der Waals surface area (Å²) in [7, 11) is 3.21. The van der Waals surface area contributed by atoms with Crippen LogP contribution in [0.15, 0.2) is 59.8 Å². The molecule has 9 nitrogen and oxygen atoms in total. The zero-order chi connectivity index (χ0) is 23.5. The Morgan fingerprint density at radius 1 is 1.15 bits per heavy atom. The molecule has 0 fully saturated rings. The van der Waals surface area contributed by atoms with Crippen molar-refractivity contribution in [3.8, 4) is 17.4 Å². The molecular formula is C23H24N4O5S. The van der Waals surface area contributed by atoms with E-state index in [2.05, 4.69) is 15.3 Å². The number of ether oxygens (including phenoxy) is 1. The van der Waals surface area contributed by atoms with Gasteiger partial charge in [-0.25, -0.2) is 4.89 Å². The van der Waals surface area contributed by atoms with Gasteiger partial charge in [-0.15, -0.1) is 0 Å². The molecule has 10 heteroatoms. The fourth-order valence-electron chi connectivity index (χ4n) is 3.33. The number of aromatic hydroxyl groups is 1. The first-order valence-electron chi connectivity index (χ1n) is 10.2. The van der Waals surface area contributed by atoms with Crippen molar-refractivity contribution in [1.82, 2.24) is 14.3 Å². The van der Waals surface area contributed by atoms with Crippen molar-refractivity contribution in [2.45, 2.75) is 24.8 Å². The summed E-state index contributed by atoms with van der Waals surface area (Å²) in [5.74, 6) is 1.15. The number of aryl methyl sites for hydroxylation is 1. The molecule has 4 rings (SSSR count). The van der Waals surface area contributed by atoms with Crippen LogP contribution in [0.25, 0.3) is 10.8 Å². The lowest BCUT2D eigenvalue weighted by Crippen LogP contribution is -2.12. The van der Waals surface area contributed by atoms with E-state index in [1.54, 1.807) is 52.8 Å². The number of nitrogens with one attached hydrogen (secondary N) is 1. The summed E-state index contributed by atoms with van der Waals surface area (Å²) in [6, 6.07) is 12.2. The highest BCUT2D eigenvalue weighted by molar-refractivity contribution is 7.94. The molecule has 1 amide bonds. The van der Waals surface area contributed by atoms with E-state index in [-0.39, 0.29) is 17.8 Å². The molecule has 2 aromatic carbocycles. The third-order valence-electron chi connectivity index (χ3n) is 4.92. The van der Waals surface area contributed by atoms with Crippen molar-refractivity contribution in [1.29, 1.82) is 0 Å². The predicted octanol–water partition coefficient (Wildman–Crippen LogP) is 5.29. The molecule has 0 unspecified atom stereocenters. The van der Waals surface area contributed by atoms with Crippen LogP contribution in [0, 0.1) is 0 Å². The van der Waals surface area contributed by atoms with E-state index in [0.717, 1.165) is 16.9 Å². The number of hydrogen-bond acceptors (Lipinski definition) is 7. The topological polar surface area (TPSA) is 99.8 Å². The van der Waals surface area contributed by atoms with Crippen LogP contribution in [0.3, 0.4) is 0 Å². The van der Waals surface area contributed by atoms with E-state index >= 15 is 0 Å². The predicted molar refractivity (Wildman–Crippen MR) is 126 cm³/mol. The van der Waals surface area contributed by atoms with Gasteiger partial charge < -0.3 is 19.7 Å². The molecule has 2 aromatic heterocycles. The maximum Gasteiger partial charge on any atom is 0.257 e. The van der Waals surface area contributed by atoms with E-state index in [0.29, 0.717) is 33.7 Å². The van der Waals surface area contributed by atoms with E-state index in [4.69, 9.17) is 9.07 Å². The van der Waals surface area contributed by atoms with Gasteiger partial charge in [-0.1, -0.05) is 0 Å². The minimum Gasteiger partial charge on any atom is -0.494 e. The summed E-state index contributed by atoms with van der Waals surface area (Å²) in [4.78, 5) is 18.4. The van der Waals surface area contributed by atoms with Crippen molar-refractivity contribution < 1.29 is 23.9 Å². The SMILES string of the molecule is COOSc1ccc(Oc2cc(C(=O)Nc3ccn(C)n3)cc3c(O)n(C(C)C)cc23)cc1. The summed E-state index contributed by atoms with van der Waals surface area (Å²) >= 11 is 1.08. The van der Waals surface area contributed by atoms with Crippen molar-refractivity contribution in [3.63, 3.8) is 0 Å². The number of carbonyl (C=O) groups is 1. The molecule has 0 saturated heterocycles. The first-order chi connectivity index (χ1) is 15.9. The van der Waals surface area contributed by atoms with Crippen LogP contribution < -0.4 is 10.1 Å². The Balaban J connectivity index is 1.71. The molecule has 33 heavy (non-hydrogen) atoms. The molecule has 0 aliphatic heterocycles. The number of rotatable bonds is 8. The molecule has 0 saturated carbocycles. The largest absolute Gasteiger partial charge is 0.494 e. The molecular weight excluding hydrogens is 444 g/mol. The van der Waals surface area contributed by atoms with Gasteiger partial charge in [0, 0.05) is 52.8 Å². The molecule has 172 valence electrons. The van der Waals surface area contributed by atoms with E-state index in [1.807, 2.05) is 32.2 Å². The van der Waals surface area contributed by atoms with Crippen LogP contribution in [-0.4, -0.2) is 32.5 Å². The van der Waals surface area contributed by atoms with Crippen LogP contribution in [0.4, 0.5) is 5.82 Å². The Labute approximate surface area is 195 Å². The third kappa shape index (κ3) is 4.98. The minimum atomic E-state index is -0.361. The van der Waals surface area contributed by atoms with Crippen LogP contribution in [-0.2, 0) is 16.3 Å². The maximum absolute atomic E-state index is 12.9. The highest BCUT2D eigenvalue weighted by atomic mass is 32.2. The van der Waals surface area contributed by atoms with E-state index in [1.165, 1.54) is 7.11 Å². The molecule has 0 aliphatic rings. The van der Waals surface area contributed by atoms with Gasteiger partial charge in [0.25, 0.3) is 5.91 Å². The third-order valence-corrected chi connectivity index (χ3v) is 5.59. The average molecular weight is 469 g/mol. The number of amides is 1. The molecule has 0 radical (unpaired) electrons. The van der Waals surface area contributed by atoms with Gasteiger partial charge >= 0.3 is 0 Å². The summed E-state index contributed by atoms with van der Waals surface area (Å²) in [5.41, 5.74) is 0.334. The van der Waals surface area contributed by atoms with Gasteiger partial charge in [0.2, 0.25) is 0 Å². The quantitative estimate of drug-likeness (QED) is 0.206. The Kier molecular flexibility index (Phi) is 6.59. The molecule has 0 atom stereocenters. The molecule has 0 aliphatic carbocycles. The van der Waals surface area contributed by atoms with Gasteiger partial charge in [0.15, 0.2) is 11.7 Å². The van der Waals surface area contributed by atoms with Crippen molar-refractivity contribution in [3.05, 3.63) is 60.4 Å². The highest BCUT2D eigenvalue weighted by Crippen LogP contribution is 2.39. The van der Waals surface area contributed by atoms with E-state index in [9.17, 15) is 9.90 Å². The molecule has 2 N–H and O–H groups in total. The van der Waals surface area contributed by atoms with Crippen molar-refractivity contribution in [2.75, 3.05) is 12.4 Å². The molecule has 0 spiro atoms. The lowest BCUT2D eigenvalue weighted by molar-refractivity contribution is -0.160. The Morgan fingerprint density at radius 3 is 2.55 bits per heavy atom. The fourth-order valence-corrected chi connectivity index (χ4v) is 3.72. The fraction of sp³-hybridized carbons (Fsp3) is 0.217. The smallest absolute Gasteiger partial charge is 0.257 e. The second kappa shape index (κ2) is 9.57. The zero-order valence-electron chi connectivity index (χ0n) is 18.6. The Hall–Kier alpha value is -3.47. The lowest BCUT2D eigenvalue weighted by Gasteiger charge is -2.10. The average Bonchev–Trinajstić information content (AvgIpc) is 3.36. The molecule has 2 heterocycles. The monoisotopic (exact) mass is 468 g/mol. The zero-order valence-corrected chi connectivity index (χ0v) is 19.4. The van der Waals surface area contributed by atoms with Crippen LogP contribution >= 0.6 is 12.0 Å². The number of nitrogens with zero attached hydrogens (tertiary/aromatic N) is 3. The first kappa shape index (κ1) is 22.7. The van der Waals surface area contributed by atoms with Crippen molar-refractivity contribution in [2.24, 2.45) is 7.05 Å². The maximum atomic E-state index is 12.9. The number of aromatic nitrogens is 3. The summed E-state index contributed by atoms with van der Waals surface area (Å²) < 4.78 is 14.3. The van der Waals surface area contributed by atoms with E-state index < -0.39 is 0 Å². The van der Waals surface area contributed by atoms with Gasteiger partial charge in [-0.05, 0) is 50.2 Å². The van der Waals surface area contributed by atoms with Gasteiger partial charge in [0.1, 0.15) is 11.5 Å². The number of fused-ring (bicyclic) bond motifs is 1. The normalized spacial score (nSPS) is 11.3. The molecule has 4 aromatic rings. The standard InChI is InChI=1S/C23H24N4O5S/c1-14(2)27-13-19-18(23(27)29)11-15(22(28)24-21-9-10-26(3)25-21)12-20(19)31-16-5-7-17(8-6-16)33-32-30-4/h5-14,29H,1-4H3,(H,24,25,28). The number of carbonyl (C=O) groups excluding carboxylic acids is 1. The van der Waals surface area contributed by atoms with Gasteiger partial charge in [0.05, 0.1) is 19.2 Å². The number of anilines is 1. The highest BCUT2D eigenvalue weighted by Gasteiger charge is 2.19. The number of benzene rings is 2. The van der Waals surface area contributed by atoms with Crippen molar-refractivity contribution >= 4 is 34.5 Å². The lowest BCUT2D eigenvalue weighted by atomic mass is 10.1. The number of hydrogen-bond donors (Lipinski definition) is 2. The minimum absolute atomic E-state index is 0.0214. The second-order valence-electron chi connectivity index (χ2n) is 7.61. The van der Waals surface area contributed by atoms with Gasteiger partial charge in [-0.2, -0.15) is 9.43 Å². The van der Waals surface area contributed by atoms with Crippen LogP contribution in [0.5, 0.6) is 17.4 Å². The second-order valence-corrected chi connectivity index (χ2v) is 8.38. The Morgan fingerprint density at radius 2 is 1.91 bits per heavy atom. The van der Waals surface area contributed by atoms with Crippen LogP contribution in [0.2, 0.25) is 0 Å². The summed E-state index contributed by atoms with van der Waals surface area (Å²) in [5, 5.41) is 19.0. The van der Waals surface area contributed by atoms with Gasteiger partial charge in [-0.3, -0.25) is 9.48 Å². The Bertz CT molecular complexity index is 1280. The first-order valence-corrected chi connectivity index (χ1v) is 10.9.